The minimum absolute atomic E-state index is 0.169. The van der Waals surface area contributed by atoms with Crippen LogP contribution in [0, 0.1) is 13.8 Å². The number of H-pyrrole nitrogens is 1. The number of carbonyl (C=O) groups is 1. The number of aromatic amines is 1. The van der Waals surface area contributed by atoms with Crippen molar-refractivity contribution < 1.29 is 14.3 Å². The molecule has 5 rings (SSSR count). The molecule has 0 radical (unpaired) electrons. The molecule has 10 nitrogen and oxygen atoms in total. The quantitative estimate of drug-likeness (QED) is 0.466. The second-order valence-electron chi connectivity index (χ2n) is 9.09. The Morgan fingerprint density at radius 1 is 1.14 bits per heavy atom. The Morgan fingerprint density at radius 2 is 1.91 bits per heavy atom. The highest BCUT2D eigenvalue weighted by molar-refractivity contribution is 6.01. The Labute approximate surface area is 204 Å². The van der Waals surface area contributed by atoms with Crippen LogP contribution >= 0.6 is 0 Å². The molecule has 4 heterocycles. The molecule has 0 spiro atoms. The van der Waals surface area contributed by atoms with Gasteiger partial charge in [-0.1, -0.05) is 6.07 Å². The van der Waals surface area contributed by atoms with E-state index in [2.05, 4.69) is 40.1 Å². The molecular formula is C25H33N7O3. The first-order chi connectivity index (χ1) is 17.0. The van der Waals surface area contributed by atoms with Gasteiger partial charge in [-0.2, -0.15) is 4.98 Å². The summed E-state index contributed by atoms with van der Waals surface area (Å²) in [5.41, 5.74) is 10.7. The lowest BCUT2D eigenvalue weighted by atomic mass is 10.0. The Balaban J connectivity index is 1.55. The maximum absolute atomic E-state index is 12.6. The van der Waals surface area contributed by atoms with E-state index in [1.165, 1.54) is 0 Å². The van der Waals surface area contributed by atoms with Crippen LogP contribution in [-0.4, -0.2) is 91.4 Å². The van der Waals surface area contributed by atoms with Crippen molar-refractivity contribution >= 4 is 22.8 Å². The first-order valence-electron chi connectivity index (χ1n) is 12.2. The van der Waals surface area contributed by atoms with E-state index in [-0.39, 0.29) is 5.69 Å². The zero-order valence-electron chi connectivity index (χ0n) is 20.4. The summed E-state index contributed by atoms with van der Waals surface area (Å²) >= 11 is 0. The molecule has 0 atom stereocenters. The van der Waals surface area contributed by atoms with Gasteiger partial charge in [0.1, 0.15) is 12.3 Å². The number of nitrogens with zero attached hydrogens (tertiary/aromatic N) is 4. The number of hydrogen-bond donors (Lipinski definition) is 3. The topological polar surface area (TPSA) is 122 Å². The summed E-state index contributed by atoms with van der Waals surface area (Å²) in [5.74, 6) is 0.221. The molecule has 10 heteroatoms. The van der Waals surface area contributed by atoms with Gasteiger partial charge >= 0.3 is 0 Å². The number of fused-ring (bicyclic) bond motifs is 1. The Hall–Kier alpha value is -3.21. The first-order valence-corrected chi connectivity index (χ1v) is 12.2. The predicted molar refractivity (Wildman–Crippen MR) is 135 cm³/mol. The SMILES string of the molecule is Cc1[nH]c2ccc(-c3c(OCCN4CCNCC4)nc(N4CCOCC4)nc3C(N)=O)cc2c1C. The van der Waals surface area contributed by atoms with Crippen LogP contribution in [0.15, 0.2) is 18.2 Å². The predicted octanol–water partition coefficient (Wildman–Crippen LogP) is 1.46. The second-order valence-corrected chi connectivity index (χ2v) is 9.09. The molecule has 0 bridgehead atoms. The molecule has 4 N–H and O–H groups in total. The van der Waals surface area contributed by atoms with Gasteiger partial charge in [0.05, 0.1) is 18.8 Å². The second kappa shape index (κ2) is 10.2. The number of nitrogens with two attached hydrogens (primary N) is 1. The van der Waals surface area contributed by atoms with Crippen molar-refractivity contribution in [3.05, 3.63) is 35.2 Å². The molecule has 186 valence electrons. The minimum atomic E-state index is -0.606. The van der Waals surface area contributed by atoms with Crippen LogP contribution < -0.4 is 20.7 Å². The van der Waals surface area contributed by atoms with Gasteiger partial charge in [-0.3, -0.25) is 9.69 Å². The average molecular weight is 480 g/mol. The van der Waals surface area contributed by atoms with Crippen LogP contribution in [0.3, 0.4) is 0 Å². The van der Waals surface area contributed by atoms with E-state index >= 15 is 0 Å². The fraction of sp³-hybridized carbons (Fsp3) is 0.480. The number of ether oxygens (including phenoxy) is 2. The zero-order valence-corrected chi connectivity index (χ0v) is 20.4. The number of carbonyl (C=O) groups excluding carboxylic acids is 1. The molecule has 2 aliphatic rings. The van der Waals surface area contributed by atoms with Crippen molar-refractivity contribution in [1.29, 1.82) is 0 Å². The monoisotopic (exact) mass is 479 g/mol. The molecule has 2 aliphatic heterocycles. The van der Waals surface area contributed by atoms with Gasteiger partial charge < -0.3 is 30.4 Å². The van der Waals surface area contributed by atoms with Crippen LogP contribution in [0.2, 0.25) is 0 Å². The van der Waals surface area contributed by atoms with Crippen molar-refractivity contribution in [2.75, 3.05) is 70.5 Å². The van der Waals surface area contributed by atoms with Crippen LogP contribution in [0.1, 0.15) is 21.7 Å². The molecule has 2 saturated heterocycles. The number of nitrogens with one attached hydrogen (secondary N) is 2. The maximum Gasteiger partial charge on any atom is 0.268 e. The van der Waals surface area contributed by atoms with Crippen LogP contribution in [0.25, 0.3) is 22.0 Å². The fourth-order valence-electron chi connectivity index (χ4n) is 4.70. The van der Waals surface area contributed by atoms with Gasteiger partial charge in [-0.15, -0.1) is 0 Å². The summed E-state index contributed by atoms with van der Waals surface area (Å²) < 4.78 is 11.8. The summed E-state index contributed by atoms with van der Waals surface area (Å²) in [4.78, 5) is 29.8. The summed E-state index contributed by atoms with van der Waals surface area (Å²) in [7, 11) is 0. The third-order valence-corrected chi connectivity index (χ3v) is 6.84. The standard InChI is InChI=1S/C25H33N7O3/c1-16-17(2)28-20-4-3-18(15-19(16)20)21-22(23(26)33)29-25(32-10-12-34-13-11-32)30-24(21)35-14-9-31-7-5-27-6-8-31/h3-4,15,27-28H,5-14H2,1-2H3,(H2,26,33). The number of primary amides is 1. The molecule has 1 aromatic carbocycles. The lowest BCUT2D eigenvalue weighted by molar-refractivity contribution is 0.0995. The lowest BCUT2D eigenvalue weighted by Gasteiger charge is -2.28. The largest absolute Gasteiger partial charge is 0.476 e. The number of amides is 1. The van der Waals surface area contributed by atoms with Crippen LogP contribution in [-0.2, 0) is 4.74 Å². The van der Waals surface area contributed by atoms with Crippen molar-refractivity contribution in [1.82, 2.24) is 25.2 Å². The van der Waals surface area contributed by atoms with E-state index in [9.17, 15) is 4.79 Å². The molecule has 0 saturated carbocycles. The highest BCUT2D eigenvalue weighted by atomic mass is 16.5. The van der Waals surface area contributed by atoms with Crippen molar-refractivity contribution in [2.45, 2.75) is 13.8 Å². The normalized spacial score (nSPS) is 17.1. The number of benzene rings is 1. The molecule has 0 aliphatic carbocycles. The first kappa shape index (κ1) is 23.5. The third-order valence-electron chi connectivity index (χ3n) is 6.84. The van der Waals surface area contributed by atoms with Crippen LogP contribution in [0.4, 0.5) is 5.95 Å². The summed E-state index contributed by atoms with van der Waals surface area (Å²) in [6.45, 7) is 11.7. The van der Waals surface area contributed by atoms with E-state index < -0.39 is 5.91 Å². The molecular weight excluding hydrogens is 446 g/mol. The van der Waals surface area contributed by atoms with Gasteiger partial charge in [0, 0.05) is 62.4 Å². The van der Waals surface area contributed by atoms with Crippen molar-refractivity contribution in [3.8, 4) is 17.0 Å². The van der Waals surface area contributed by atoms with E-state index in [1.807, 2.05) is 17.0 Å². The van der Waals surface area contributed by atoms with Gasteiger partial charge in [-0.25, -0.2) is 4.98 Å². The van der Waals surface area contributed by atoms with Crippen molar-refractivity contribution in [3.63, 3.8) is 0 Å². The summed E-state index contributed by atoms with van der Waals surface area (Å²) in [5, 5.41) is 4.45. The van der Waals surface area contributed by atoms with E-state index in [4.69, 9.17) is 20.2 Å². The number of hydrogen-bond acceptors (Lipinski definition) is 8. The Morgan fingerprint density at radius 3 is 2.66 bits per heavy atom. The van der Waals surface area contributed by atoms with E-state index in [0.29, 0.717) is 50.3 Å². The average Bonchev–Trinajstić information content (AvgIpc) is 3.17. The fourth-order valence-corrected chi connectivity index (χ4v) is 4.70. The molecule has 35 heavy (non-hydrogen) atoms. The van der Waals surface area contributed by atoms with E-state index in [1.54, 1.807) is 0 Å². The molecule has 1 amide bonds. The van der Waals surface area contributed by atoms with Gasteiger partial charge in [0.25, 0.3) is 5.91 Å². The van der Waals surface area contributed by atoms with Gasteiger partial charge in [-0.05, 0) is 37.1 Å². The lowest BCUT2D eigenvalue weighted by Crippen LogP contribution is -2.44. The Bertz CT molecular complexity index is 1210. The minimum Gasteiger partial charge on any atom is -0.476 e. The van der Waals surface area contributed by atoms with Crippen molar-refractivity contribution in [2.24, 2.45) is 5.73 Å². The third kappa shape index (κ3) is 4.95. The van der Waals surface area contributed by atoms with E-state index in [0.717, 1.165) is 60.4 Å². The summed E-state index contributed by atoms with van der Waals surface area (Å²) in [6.07, 6.45) is 0. The number of aromatic nitrogens is 3. The number of rotatable bonds is 7. The molecule has 2 aromatic heterocycles. The molecule has 3 aromatic rings. The highest BCUT2D eigenvalue weighted by Gasteiger charge is 2.25. The number of piperazine rings is 1. The smallest absolute Gasteiger partial charge is 0.268 e. The van der Waals surface area contributed by atoms with Gasteiger partial charge in [0.15, 0.2) is 0 Å². The maximum atomic E-state index is 12.6. The number of anilines is 1. The number of morpholine rings is 1. The number of aryl methyl sites for hydroxylation is 2. The Kier molecular flexibility index (Phi) is 6.85. The molecule has 0 unspecified atom stereocenters. The van der Waals surface area contributed by atoms with Gasteiger partial charge in [0.2, 0.25) is 11.8 Å². The molecule has 2 fully saturated rings. The summed E-state index contributed by atoms with van der Waals surface area (Å²) in [6, 6.07) is 6.02. The van der Waals surface area contributed by atoms with Crippen LogP contribution in [0.5, 0.6) is 5.88 Å². The highest BCUT2D eigenvalue weighted by Crippen LogP contribution is 2.36. The zero-order chi connectivity index (χ0) is 24.4.